The van der Waals surface area contributed by atoms with Crippen LogP contribution in [0.4, 0.5) is 10.5 Å². The maximum absolute atomic E-state index is 13.4. The van der Waals surface area contributed by atoms with Gasteiger partial charge in [-0.2, -0.15) is 0 Å². The molecule has 3 aromatic carbocycles. The molecule has 0 radical (unpaired) electrons. The Morgan fingerprint density at radius 3 is 2.15 bits per heavy atom. The van der Waals surface area contributed by atoms with Gasteiger partial charge in [-0.3, -0.25) is 9.59 Å². The summed E-state index contributed by atoms with van der Waals surface area (Å²) < 4.78 is 28.6. The van der Waals surface area contributed by atoms with Gasteiger partial charge in [0.15, 0.2) is 0 Å². The van der Waals surface area contributed by atoms with Gasteiger partial charge in [-0.1, -0.05) is 48.5 Å². The van der Waals surface area contributed by atoms with E-state index in [0.29, 0.717) is 44.5 Å². The predicted octanol–water partition coefficient (Wildman–Crippen LogP) is 4.90. The zero-order valence-corrected chi connectivity index (χ0v) is 24.3. The summed E-state index contributed by atoms with van der Waals surface area (Å²) >= 11 is 0. The highest BCUT2D eigenvalue weighted by Gasteiger charge is 2.36. The molecular formula is C31H38N4O5S. The van der Waals surface area contributed by atoms with Crippen molar-refractivity contribution < 1.29 is 22.8 Å². The van der Waals surface area contributed by atoms with E-state index in [0.717, 1.165) is 10.8 Å². The van der Waals surface area contributed by atoms with Crippen LogP contribution in [0.3, 0.4) is 0 Å². The number of benzene rings is 3. The molecule has 9 nitrogen and oxygen atoms in total. The predicted molar refractivity (Wildman–Crippen MR) is 160 cm³/mol. The summed E-state index contributed by atoms with van der Waals surface area (Å²) in [7, 11) is -4.18. The van der Waals surface area contributed by atoms with Gasteiger partial charge < -0.3 is 15.5 Å². The molecule has 1 aliphatic rings. The molecule has 0 aliphatic heterocycles. The molecule has 1 fully saturated rings. The highest BCUT2D eigenvalue weighted by atomic mass is 32.2. The number of carbonyl (C=O) groups is 3. The second kappa shape index (κ2) is 13.6. The van der Waals surface area contributed by atoms with Crippen LogP contribution in [0.5, 0.6) is 0 Å². The first kappa shape index (κ1) is 30.0. The van der Waals surface area contributed by atoms with Gasteiger partial charge in [0, 0.05) is 24.8 Å². The van der Waals surface area contributed by atoms with E-state index >= 15 is 0 Å². The fraction of sp³-hybridized carbons (Fsp3) is 0.387. The molecule has 1 aliphatic carbocycles. The summed E-state index contributed by atoms with van der Waals surface area (Å²) in [5.41, 5.74) is 0.709. The lowest BCUT2D eigenvalue weighted by Gasteiger charge is -2.32. The smallest absolute Gasteiger partial charge is 0.319 e. The maximum atomic E-state index is 13.4. The van der Waals surface area contributed by atoms with E-state index in [-0.39, 0.29) is 35.2 Å². The van der Waals surface area contributed by atoms with Crippen molar-refractivity contribution in [3.05, 3.63) is 72.8 Å². The lowest BCUT2D eigenvalue weighted by atomic mass is 9.80. The molecule has 4 amide bonds. The van der Waals surface area contributed by atoms with Crippen molar-refractivity contribution in [1.82, 2.24) is 14.9 Å². The molecule has 0 bridgehead atoms. The Hall–Kier alpha value is -3.92. The monoisotopic (exact) mass is 578 g/mol. The van der Waals surface area contributed by atoms with Gasteiger partial charge >= 0.3 is 6.03 Å². The lowest BCUT2D eigenvalue weighted by molar-refractivity contribution is -0.142. The van der Waals surface area contributed by atoms with Crippen molar-refractivity contribution in [2.24, 2.45) is 11.8 Å². The Morgan fingerprint density at radius 1 is 0.854 bits per heavy atom. The van der Waals surface area contributed by atoms with Crippen molar-refractivity contribution in [3.8, 4) is 0 Å². The Balaban J connectivity index is 1.41. The van der Waals surface area contributed by atoms with Crippen LogP contribution in [0, 0.1) is 11.8 Å². The number of hydrogen-bond acceptors (Lipinski definition) is 5. The van der Waals surface area contributed by atoms with E-state index in [1.165, 1.54) is 12.1 Å². The Labute approximate surface area is 241 Å². The van der Waals surface area contributed by atoms with Crippen molar-refractivity contribution in [1.29, 1.82) is 0 Å². The van der Waals surface area contributed by atoms with E-state index in [1.54, 1.807) is 17.0 Å². The van der Waals surface area contributed by atoms with Crippen LogP contribution in [-0.4, -0.2) is 50.3 Å². The second-order valence-corrected chi connectivity index (χ2v) is 12.1. The molecular weight excluding hydrogens is 540 g/mol. The number of sulfonamides is 1. The van der Waals surface area contributed by atoms with E-state index in [1.807, 2.05) is 62.4 Å². The van der Waals surface area contributed by atoms with Crippen LogP contribution in [0.1, 0.15) is 46.0 Å². The van der Waals surface area contributed by atoms with Crippen LogP contribution in [0.25, 0.3) is 10.8 Å². The standard InChI is InChI=1S/C31H38N4O5S/c1-3-35(4-2)30(37)28(29(36)34-41(39,40)27-19-16-23-10-8-9-11-24(23)21-27)20-22-14-17-26(18-15-22)33-31(38)32-25-12-6-5-7-13-25/h5-13,16,19,21-22,26,28H,3-4,14-15,17-18,20H2,1-2H3,(H,34,36)(H2,32,33,38). The second-order valence-electron chi connectivity index (χ2n) is 10.5. The molecule has 4 rings (SSSR count). The number of nitrogens with one attached hydrogen (secondary N) is 3. The molecule has 1 saturated carbocycles. The van der Waals surface area contributed by atoms with Gasteiger partial charge in [-0.25, -0.2) is 17.9 Å². The van der Waals surface area contributed by atoms with E-state index in [4.69, 9.17) is 0 Å². The maximum Gasteiger partial charge on any atom is 0.319 e. The van der Waals surface area contributed by atoms with Gasteiger partial charge in [-0.05, 0) is 86.9 Å². The Bertz CT molecular complexity index is 1470. The van der Waals surface area contributed by atoms with Crippen LogP contribution in [0.2, 0.25) is 0 Å². The van der Waals surface area contributed by atoms with E-state index in [2.05, 4.69) is 15.4 Å². The summed E-state index contributed by atoms with van der Waals surface area (Å²) in [6.07, 6.45) is 3.08. The quantitative estimate of drug-likeness (QED) is 0.295. The molecule has 41 heavy (non-hydrogen) atoms. The van der Waals surface area contributed by atoms with E-state index in [9.17, 15) is 22.8 Å². The van der Waals surface area contributed by atoms with Gasteiger partial charge in [0.2, 0.25) is 11.8 Å². The van der Waals surface area contributed by atoms with Crippen LogP contribution >= 0.6 is 0 Å². The molecule has 10 heteroatoms. The molecule has 0 spiro atoms. The zero-order valence-electron chi connectivity index (χ0n) is 23.5. The Kier molecular flexibility index (Phi) is 9.99. The topological polar surface area (TPSA) is 125 Å². The number of carbonyl (C=O) groups excluding carboxylic acids is 3. The van der Waals surface area contributed by atoms with Crippen LogP contribution in [-0.2, 0) is 19.6 Å². The first-order chi connectivity index (χ1) is 19.7. The number of urea groups is 1. The highest BCUT2D eigenvalue weighted by Crippen LogP contribution is 2.31. The summed E-state index contributed by atoms with van der Waals surface area (Å²) in [5.74, 6) is -2.26. The number of fused-ring (bicyclic) bond motifs is 1. The number of anilines is 1. The molecule has 3 aromatic rings. The number of amides is 4. The van der Waals surface area contributed by atoms with Gasteiger partial charge in [0.1, 0.15) is 5.92 Å². The third-order valence-corrected chi connectivity index (χ3v) is 9.08. The Morgan fingerprint density at radius 2 is 1.49 bits per heavy atom. The minimum atomic E-state index is -4.18. The molecule has 3 N–H and O–H groups in total. The summed E-state index contributed by atoms with van der Waals surface area (Å²) in [6.45, 7) is 4.51. The zero-order chi connectivity index (χ0) is 29.4. The number of rotatable bonds is 10. The average molecular weight is 579 g/mol. The molecule has 1 unspecified atom stereocenters. The van der Waals surface area contributed by atoms with Gasteiger partial charge in [-0.15, -0.1) is 0 Å². The first-order valence-corrected chi connectivity index (χ1v) is 15.6. The molecule has 0 saturated heterocycles. The third-order valence-electron chi connectivity index (χ3n) is 7.74. The van der Waals surface area contributed by atoms with Gasteiger partial charge in [0.25, 0.3) is 10.0 Å². The largest absolute Gasteiger partial charge is 0.343 e. The summed E-state index contributed by atoms with van der Waals surface area (Å²) in [5, 5.41) is 7.45. The molecule has 218 valence electrons. The SMILES string of the molecule is CCN(CC)C(=O)C(CC1CCC(NC(=O)Nc2ccccc2)CC1)C(=O)NS(=O)(=O)c1ccc2ccccc2c1. The summed E-state index contributed by atoms with van der Waals surface area (Å²) in [4.78, 5) is 40.8. The fourth-order valence-electron chi connectivity index (χ4n) is 5.42. The van der Waals surface area contributed by atoms with Crippen molar-refractivity contribution >= 4 is 44.3 Å². The van der Waals surface area contributed by atoms with E-state index < -0.39 is 21.8 Å². The van der Waals surface area contributed by atoms with Crippen molar-refractivity contribution in [2.75, 3.05) is 18.4 Å². The fourth-order valence-corrected chi connectivity index (χ4v) is 6.48. The number of nitrogens with zero attached hydrogens (tertiary/aromatic N) is 1. The highest BCUT2D eigenvalue weighted by molar-refractivity contribution is 7.90. The lowest BCUT2D eigenvalue weighted by Crippen LogP contribution is -2.46. The van der Waals surface area contributed by atoms with Crippen molar-refractivity contribution in [3.63, 3.8) is 0 Å². The average Bonchev–Trinajstić information content (AvgIpc) is 2.97. The first-order valence-electron chi connectivity index (χ1n) is 14.2. The molecule has 0 aromatic heterocycles. The summed E-state index contributed by atoms with van der Waals surface area (Å²) in [6, 6.07) is 20.9. The minimum absolute atomic E-state index is 0.0194. The molecule has 1 atom stereocenters. The number of hydrogen-bond donors (Lipinski definition) is 3. The van der Waals surface area contributed by atoms with Crippen LogP contribution < -0.4 is 15.4 Å². The normalized spacial score (nSPS) is 17.8. The van der Waals surface area contributed by atoms with Crippen molar-refractivity contribution in [2.45, 2.75) is 56.9 Å². The number of para-hydroxylation sites is 1. The van der Waals surface area contributed by atoms with Crippen LogP contribution in [0.15, 0.2) is 77.7 Å². The minimum Gasteiger partial charge on any atom is -0.343 e. The van der Waals surface area contributed by atoms with Gasteiger partial charge in [0.05, 0.1) is 4.90 Å². The third kappa shape index (κ3) is 7.85. The molecule has 0 heterocycles.